The molecule has 21 heavy (non-hydrogen) atoms. The van der Waals surface area contributed by atoms with E-state index in [1.54, 1.807) is 11.8 Å². The third kappa shape index (κ3) is 4.65. The van der Waals surface area contributed by atoms with Gasteiger partial charge in [-0.15, -0.1) is 11.8 Å². The Labute approximate surface area is 151 Å². The Morgan fingerprint density at radius 3 is 2.62 bits per heavy atom. The van der Waals surface area contributed by atoms with Crippen LogP contribution in [0.4, 0.5) is 0 Å². The van der Waals surface area contributed by atoms with Gasteiger partial charge in [0.15, 0.2) is 0 Å². The summed E-state index contributed by atoms with van der Waals surface area (Å²) in [5.74, 6) is 1.66. The molecule has 0 saturated carbocycles. The number of benzene rings is 1. The second kappa shape index (κ2) is 6.94. The summed E-state index contributed by atoms with van der Waals surface area (Å²) in [6.07, 6.45) is 0. The largest absolute Gasteiger partial charge is 0.345 e. The summed E-state index contributed by atoms with van der Waals surface area (Å²) in [7, 11) is 0. The van der Waals surface area contributed by atoms with Gasteiger partial charge in [-0.2, -0.15) is 0 Å². The third-order valence-corrected chi connectivity index (χ3v) is 5.66. The van der Waals surface area contributed by atoms with Crippen LogP contribution in [0.15, 0.2) is 38.1 Å². The lowest BCUT2D eigenvalue weighted by Crippen LogP contribution is -2.16. The summed E-state index contributed by atoms with van der Waals surface area (Å²) >= 11 is 14.1. The van der Waals surface area contributed by atoms with E-state index in [-0.39, 0.29) is 5.41 Å². The van der Waals surface area contributed by atoms with Gasteiger partial charge < -0.3 is 4.98 Å². The molecule has 0 spiro atoms. The predicted molar refractivity (Wildman–Crippen MR) is 99.5 cm³/mol. The van der Waals surface area contributed by atoms with E-state index < -0.39 is 0 Å². The van der Waals surface area contributed by atoms with Crippen LogP contribution in [-0.2, 0) is 11.2 Å². The van der Waals surface area contributed by atoms with E-state index in [2.05, 4.69) is 74.7 Å². The molecule has 0 unspecified atom stereocenters. The van der Waals surface area contributed by atoms with Gasteiger partial charge in [0.2, 0.25) is 0 Å². The molecule has 1 heterocycles. The highest BCUT2D eigenvalue weighted by atomic mass is 79.9. The number of nitrogens with one attached hydrogen (secondary N) is 1. The van der Waals surface area contributed by atoms with Crippen LogP contribution in [0.1, 0.15) is 32.3 Å². The van der Waals surface area contributed by atoms with Crippen molar-refractivity contribution in [1.29, 1.82) is 0 Å². The van der Waals surface area contributed by atoms with E-state index in [1.165, 1.54) is 4.90 Å². The van der Waals surface area contributed by atoms with Gasteiger partial charge >= 0.3 is 0 Å². The monoisotopic (exact) mass is 446 g/mol. The van der Waals surface area contributed by atoms with Crippen LogP contribution in [0, 0.1) is 4.64 Å². The van der Waals surface area contributed by atoms with E-state index in [0.717, 1.165) is 26.2 Å². The molecule has 0 aliphatic rings. The number of H-pyrrole nitrogens is 1. The first kappa shape index (κ1) is 17.2. The Bertz CT molecular complexity index is 706. The lowest BCUT2D eigenvalue weighted by atomic mass is 9.92. The Morgan fingerprint density at radius 2 is 2.00 bits per heavy atom. The maximum absolute atomic E-state index is 5.35. The molecule has 0 bridgehead atoms. The molecule has 2 nitrogen and oxygen atoms in total. The molecule has 0 atom stereocenters. The van der Waals surface area contributed by atoms with Gasteiger partial charge in [0.25, 0.3) is 0 Å². The fraction of sp³-hybridized carbons (Fsp3) is 0.333. The van der Waals surface area contributed by atoms with Crippen molar-refractivity contribution in [1.82, 2.24) is 9.97 Å². The van der Waals surface area contributed by atoms with Crippen molar-refractivity contribution in [2.75, 3.05) is 0 Å². The van der Waals surface area contributed by atoms with Gasteiger partial charge in [0.05, 0.1) is 10.2 Å². The minimum absolute atomic E-state index is 0.00940. The highest BCUT2D eigenvalue weighted by Crippen LogP contribution is 2.30. The quantitative estimate of drug-likeness (QED) is 0.444. The first-order chi connectivity index (χ1) is 9.77. The molecule has 112 valence electrons. The lowest BCUT2D eigenvalue weighted by Gasteiger charge is -2.21. The molecular weight excluding hydrogens is 432 g/mol. The molecule has 1 aromatic heterocycles. The van der Waals surface area contributed by atoms with Crippen molar-refractivity contribution in [3.63, 3.8) is 0 Å². The number of hydrogen-bond acceptors (Lipinski definition) is 3. The molecular formula is C15H16Br2N2S2. The average molecular weight is 448 g/mol. The van der Waals surface area contributed by atoms with Crippen LogP contribution in [-0.4, -0.2) is 9.97 Å². The number of rotatable bonds is 3. The fourth-order valence-corrected chi connectivity index (χ4v) is 4.17. The molecule has 2 aromatic rings. The molecule has 0 saturated heterocycles. The highest BCUT2D eigenvalue weighted by Gasteiger charge is 2.20. The number of aromatic nitrogens is 2. The van der Waals surface area contributed by atoms with Crippen LogP contribution >= 0.6 is 55.8 Å². The lowest BCUT2D eigenvalue weighted by molar-refractivity contribution is 0.559. The van der Waals surface area contributed by atoms with Crippen LogP contribution in [0.2, 0.25) is 0 Å². The van der Waals surface area contributed by atoms with Gasteiger partial charge in [-0.05, 0) is 34.1 Å². The zero-order valence-electron chi connectivity index (χ0n) is 12.0. The Hall–Kier alpha value is -0.170. The molecule has 0 fully saturated rings. The number of thioether (sulfide) groups is 1. The molecule has 1 aromatic carbocycles. The summed E-state index contributed by atoms with van der Waals surface area (Å²) < 4.78 is 2.59. The minimum Gasteiger partial charge on any atom is -0.345 e. The smallest absolute Gasteiger partial charge is 0.144 e. The van der Waals surface area contributed by atoms with Crippen molar-refractivity contribution >= 4 is 55.8 Å². The van der Waals surface area contributed by atoms with Crippen molar-refractivity contribution in [3.05, 3.63) is 49.4 Å². The van der Waals surface area contributed by atoms with Crippen molar-refractivity contribution < 1.29 is 0 Å². The normalized spacial score (nSPS) is 11.7. The van der Waals surface area contributed by atoms with Gasteiger partial charge in [-0.1, -0.05) is 55.0 Å². The van der Waals surface area contributed by atoms with Gasteiger partial charge in [0.1, 0.15) is 10.5 Å². The Morgan fingerprint density at radius 1 is 1.29 bits per heavy atom. The van der Waals surface area contributed by atoms with Crippen molar-refractivity contribution in [2.24, 2.45) is 0 Å². The van der Waals surface area contributed by atoms with Gasteiger partial charge in [-0.3, -0.25) is 0 Å². The van der Waals surface area contributed by atoms with Gasteiger partial charge in [-0.25, -0.2) is 4.98 Å². The van der Waals surface area contributed by atoms with Crippen LogP contribution in [0.3, 0.4) is 0 Å². The maximum Gasteiger partial charge on any atom is 0.144 e. The number of nitrogens with zero attached hydrogens (tertiary/aromatic N) is 1. The SMILES string of the molecule is CC(C)(C)c1[nH]c(CSc2cccc(Br)c2)nc(=S)c1Br. The zero-order valence-corrected chi connectivity index (χ0v) is 16.8. The second-order valence-electron chi connectivity index (χ2n) is 5.67. The Kier molecular flexibility index (Phi) is 5.68. The van der Waals surface area contributed by atoms with E-state index in [9.17, 15) is 0 Å². The van der Waals surface area contributed by atoms with Crippen LogP contribution in [0.5, 0.6) is 0 Å². The molecule has 1 N–H and O–H groups in total. The first-order valence-corrected chi connectivity index (χ1v) is 9.43. The summed E-state index contributed by atoms with van der Waals surface area (Å²) in [5.41, 5.74) is 1.08. The molecule has 0 aliphatic heterocycles. The summed E-state index contributed by atoms with van der Waals surface area (Å²) in [6, 6.07) is 8.24. The molecule has 0 radical (unpaired) electrons. The number of halogens is 2. The van der Waals surface area contributed by atoms with E-state index >= 15 is 0 Å². The van der Waals surface area contributed by atoms with E-state index in [1.807, 2.05) is 12.1 Å². The molecule has 6 heteroatoms. The molecule has 0 aliphatic carbocycles. The summed E-state index contributed by atoms with van der Waals surface area (Å²) in [5, 5.41) is 0. The van der Waals surface area contributed by atoms with E-state index in [0.29, 0.717) is 4.64 Å². The summed E-state index contributed by atoms with van der Waals surface area (Å²) in [6.45, 7) is 6.47. The molecule has 0 amide bonds. The average Bonchev–Trinajstić information content (AvgIpc) is 2.38. The third-order valence-electron chi connectivity index (χ3n) is 2.83. The number of hydrogen-bond donors (Lipinski definition) is 1. The first-order valence-electron chi connectivity index (χ1n) is 6.45. The minimum atomic E-state index is -0.00940. The van der Waals surface area contributed by atoms with Crippen LogP contribution in [0.25, 0.3) is 0 Å². The summed E-state index contributed by atoms with van der Waals surface area (Å²) in [4.78, 5) is 9.09. The van der Waals surface area contributed by atoms with E-state index in [4.69, 9.17) is 12.2 Å². The highest BCUT2D eigenvalue weighted by molar-refractivity contribution is 9.10. The Balaban J connectivity index is 2.25. The fourth-order valence-electron chi connectivity index (χ4n) is 1.80. The van der Waals surface area contributed by atoms with Crippen molar-refractivity contribution in [2.45, 2.75) is 36.8 Å². The standard InChI is InChI=1S/C15H16Br2N2S2/c1-15(2,3)13-12(17)14(20)19-11(18-13)8-21-10-6-4-5-9(16)7-10/h4-7H,8H2,1-3H3,(H,18,19,20). The number of aromatic amines is 1. The second-order valence-corrected chi connectivity index (χ2v) is 8.82. The van der Waals surface area contributed by atoms with Gasteiger partial charge in [0, 0.05) is 20.5 Å². The predicted octanol–water partition coefficient (Wildman–Crippen LogP) is 6.25. The van der Waals surface area contributed by atoms with Crippen molar-refractivity contribution in [3.8, 4) is 0 Å². The zero-order chi connectivity index (χ0) is 15.6. The van der Waals surface area contributed by atoms with Crippen LogP contribution < -0.4 is 0 Å². The maximum atomic E-state index is 5.35. The topological polar surface area (TPSA) is 28.7 Å². The molecule has 2 rings (SSSR count).